The number of rotatable bonds is 7. The summed E-state index contributed by atoms with van der Waals surface area (Å²) in [6, 6.07) is 9.30. The van der Waals surface area contributed by atoms with Gasteiger partial charge in [0.15, 0.2) is 10.3 Å². The molecule has 6 N–H and O–H groups in total. The van der Waals surface area contributed by atoms with Gasteiger partial charge in [0, 0.05) is 39.8 Å². The van der Waals surface area contributed by atoms with Crippen LogP contribution in [0.15, 0.2) is 36.4 Å². The van der Waals surface area contributed by atoms with E-state index in [9.17, 15) is 10.1 Å². The SMILES string of the molecule is Br.N=C(N)SCc1cc(Cl)ccc1Oc1ccc([N+](=O)[O-])cc1CSC(=N)N. The molecule has 28 heavy (non-hydrogen) atoms. The molecule has 0 aliphatic carbocycles. The van der Waals surface area contributed by atoms with Crippen molar-refractivity contribution in [2.24, 2.45) is 11.5 Å². The van der Waals surface area contributed by atoms with Crippen LogP contribution in [0, 0.1) is 20.9 Å². The Kier molecular flexibility index (Phi) is 9.59. The summed E-state index contributed by atoms with van der Waals surface area (Å²) in [5.41, 5.74) is 11.9. The van der Waals surface area contributed by atoms with Gasteiger partial charge in [-0.05, 0) is 24.3 Å². The summed E-state index contributed by atoms with van der Waals surface area (Å²) in [4.78, 5) is 10.5. The zero-order valence-electron chi connectivity index (χ0n) is 14.3. The molecule has 0 atom stereocenters. The van der Waals surface area contributed by atoms with Gasteiger partial charge in [-0.25, -0.2) is 0 Å². The first-order valence-corrected chi connectivity index (χ1v) is 9.78. The summed E-state index contributed by atoms with van der Waals surface area (Å²) < 4.78 is 5.96. The number of hydrogen-bond acceptors (Lipinski definition) is 7. The Bertz CT molecular complexity index is 901. The molecule has 0 spiro atoms. The lowest BCUT2D eigenvalue weighted by atomic mass is 10.2. The van der Waals surface area contributed by atoms with Crippen LogP contribution in [0.1, 0.15) is 11.1 Å². The number of nitrogens with zero attached hydrogens (tertiary/aromatic N) is 1. The lowest BCUT2D eigenvalue weighted by Crippen LogP contribution is -2.05. The Hall–Kier alpha value is -1.95. The largest absolute Gasteiger partial charge is 0.457 e. The van der Waals surface area contributed by atoms with Gasteiger partial charge in [0.2, 0.25) is 0 Å². The molecular formula is C16H17BrClN5O3S2. The number of nitrogens with two attached hydrogens (primary N) is 2. The van der Waals surface area contributed by atoms with Gasteiger partial charge in [-0.1, -0.05) is 35.1 Å². The number of halogens is 2. The smallest absolute Gasteiger partial charge is 0.270 e. The summed E-state index contributed by atoms with van der Waals surface area (Å²) in [5.74, 6) is 1.54. The van der Waals surface area contributed by atoms with Crippen LogP contribution in [-0.4, -0.2) is 15.3 Å². The molecule has 0 radical (unpaired) electrons. The molecule has 0 saturated heterocycles. The van der Waals surface area contributed by atoms with E-state index in [-0.39, 0.29) is 38.8 Å². The molecule has 0 aliphatic heterocycles. The van der Waals surface area contributed by atoms with E-state index < -0.39 is 4.92 Å². The van der Waals surface area contributed by atoms with Crippen molar-refractivity contribution in [2.45, 2.75) is 11.5 Å². The van der Waals surface area contributed by atoms with Crippen LogP contribution in [0.5, 0.6) is 11.5 Å². The zero-order valence-corrected chi connectivity index (χ0v) is 18.4. The van der Waals surface area contributed by atoms with Crippen molar-refractivity contribution >= 4 is 68.1 Å². The van der Waals surface area contributed by atoms with Crippen molar-refractivity contribution < 1.29 is 9.66 Å². The molecule has 0 amide bonds. The van der Waals surface area contributed by atoms with Crippen LogP contribution in [-0.2, 0) is 11.5 Å². The third-order valence-electron chi connectivity index (χ3n) is 3.26. The second kappa shape index (κ2) is 11.1. The molecule has 8 nitrogen and oxygen atoms in total. The summed E-state index contributed by atoms with van der Waals surface area (Å²) >= 11 is 8.21. The fourth-order valence-corrected chi connectivity index (χ4v) is 3.35. The Balaban J connectivity index is 0.00000392. The van der Waals surface area contributed by atoms with E-state index >= 15 is 0 Å². The molecule has 0 heterocycles. The Morgan fingerprint density at radius 3 is 2.04 bits per heavy atom. The van der Waals surface area contributed by atoms with Crippen molar-refractivity contribution in [3.8, 4) is 11.5 Å². The molecule has 0 aliphatic rings. The number of ether oxygens (including phenoxy) is 1. The van der Waals surface area contributed by atoms with Crippen molar-refractivity contribution in [1.82, 2.24) is 0 Å². The van der Waals surface area contributed by atoms with Crippen molar-refractivity contribution in [1.29, 1.82) is 10.8 Å². The second-order valence-electron chi connectivity index (χ2n) is 5.21. The number of thioether (sulfide) groups is 2. The van der Waals surface area contributed by atoms with Gasteiger partial charge in [-0.15, -0.1) is 17.0 Å². The topological polar surface area (TPSA) is 152 Å². The minimum Gasteiger partial charge on any atom is -0.457 e. The Morgan fingerprint density at radius 1 is 1.04 bits per heavy atom. The standard InChI is InChI=1S/C16H16ClN5O3S2.BrH/c17-11-1-3-13(9(5-11)7-26-15(18)19)25-14-4-2-12(22(23)24)6-10(14)8-27-16(20)21;/h1-6H,7-8H2,(H3,18,19)(H3,20,21);1H. The quantitative estimate of drug-likeness (QED) is 0.181. The predicted molar refractivity (Wildman–Crippen MR) is 121 cm³/mol. The molecule has 2 rings (SSSR count). The molecule has 0 unspecified atom stereocenters. The highest BCUT2D eigenvalue weighted by atomic mass is 79.9. The Labute approximate surface area is 185 Å². The molecule has 12 heteroatoms. The number of nitrogens with one attached hydrogen (secondary N) is 2. The first-order chi connectivity index (χ1) is 12.8. The van der Waals surface area contributed by atoms with Crippen molar-refractivity contribution in [3.05, 3.63) is 62.7 Å². The van der Waals surface area contributed by atoms with Crippen LogP contribution in [0.4, 0.5) is 5.69 Å². The maximum absolute atomic E-state index is 11.0. The molecule has 2 aromatic rings. The van der Waals surface area contributed by atoms with Crippen LogP contribution in [0.2, 0.25) is 5.02 Å². The number of benzene rings is 2. The van der Waals surface area contributed by atoms with Crippen LogP contribution < -0.4 is 16.2 Å². The third-order valence-corrected chi connectivity index (χ3v) is 5.03. The minimum atomic E-state index is -0.497. The monoisotopic (exact) mass is 505 g/mol. The zero-order chi connectivity index (χ0) is 20.0. The molecule has 2 aromatic carbocycles. The Morgan fingerprint density at radius 2 is 1.54 bits per heavy atom. The fourth-order valence-electron chi connectivity index (χ4n) is 2.08. The van der Waals surface area contributed by atoms with E-state index in [2.05, 4.69) is 0 Å². The lowest BCUT2D eigenvalue weighted by Gasteiger charge is -2.14. The average Bonchev–Trinajstić information content (AvgIpc) is 2.60. The van der Waals surface area contributed by atoms with Gasteiger partial charge < -0.3 is 16.2 Å². The highest BCUT2D eigenvalue weighted by Gasteiger charge is 2.15. The highest BCUT2D eigenvalue weighted by molar-refractivity contribution is 8.93. The van der Waals surface area contributed by atoms with Crippen LogP contribution in [0.25, 0.3) is 0 Å². The summed E-state index contributed by atoms with van der Waals surface area (Å²) in [6.07, 6.45) is 0. The van der Waals surface area contributed by atoms with E-state index in [1.54, 1.807) is 18.2 Å². The summed E-state index contributed by atoms with van der Waals surface area (Å²) in [6.45, 7) is 0. The van der Waals surface area contributed by atoms with Gasteiger partial charge >= 0.3 is 0 Å². The lowest BCUT2D eigenvalue weighted by molar-refractivity contribution is -0.384. The maximum atomic E-state index is 11.0. The molecule has 0 fully saturated rings. The van der Waals surface area contributed by atoms with Gasteiger partial charge in [-0.3, -0.25) is 20.9 Å². The predicted octanol–water partition coefficient (Wildman–Crippen LogP) is 4.87. The normalized spacial score (nSPS) is 10.0. The van der Waals surface area contributed by atoms with Gasteiger partial charge in [-0.2, -0.15) is 0 Å². The van der Waals surface area contributed by atoms with Crippen molar-refractivity contribution in [2.75, 3.05) is 0 Å². The highest BCUT2D eigenvalue weighted by Crippen LogP contribution is 2.35. The summed E-state index contributed by atoms with van der Waals surface area (Å²) in [5, 5.41) is 26.1. The van der Waals surface area contributed by atoms with Crippen molar-refractivity contribution in [3.63, 3.8) is 0 Å². The number of nitro benzene ring substituents is 1. The first kappa shape index (κ1) is 24.1. The molecule has 0 saturated carbocycles. The molecular weight excluding hydrogens is 490 g/mol. The van der Waals surface area contributed by atoms with E-state index in [4.69, 9.17) is 38.6 Å². The van der Waals surface area contributed by atoms with E-state index in [1.807, 2.05) is 0 Å². The van der Waals surface area contributed by atoms with Gasteiger partial charge in [0.1, 0.15) is 11.5 Å². The molecule has 150 valence electrons. The average molecular weight is 507 g/mol. The fraction of sp³-hybridized carbons (Fsp3) is 0.125. The minimum absolute atomic E-state index is 0. The third kappa shape index (κ3) is 7.23. The molecule has 0 bridgehead atoms. The number of amidine groups is 2. The van der Waals surface area contributed by atoms with Crippen LogP contribution in [0.3, 0.4) is 0 Å². The second-order valence-corrected chi connectivity index (χ2v) is 7.68. The number of non-ortho nitro benzene ring substituents is 1. The molecule has 0 aromatic heterocycles. The van der Waals surface area contributed by atoms with Gasteiger partial charge in [0.25, 0.3) is 5.69 Å². The van der Waals surface area contributed by atoms with E-state index in [0.29, 0.717) is 27.8 Å². The number of nitro groups is 1. The number of hydrogen-bond donors (Lipinski definition) is 4. The first-order valence-electron chi connectivity index (χ1n) is 7.43. The summed E-state index contributed by atoms with van der Waals surface area (Å²) in [7, 11) is 0. The maximum Gasteiger partial charge on any atom is 0.270 e. The van der Waals surface area contributed by atoms with E-state index in [1.165, 1.54) is 18.2 Å². The van der Waals surface area contributed by atoms with Gasteiger partial charge in [0.05, 0.1) is 4.92 Å². The van der Waals surface area contributed by atoms with Crippen LogP contribution >= 0.6 is 52.1 Å². The van der Waals surface area contributed by atoms with E-state index in [0.717, 1.165) is 29.1 Å².